The van der Waals surface area contributed by atoms with Crippen molar-refractivity contribution in [3.63, 3.8) is 0 Å². The molecule has 0 spiro atoms. The van der Waals surface area contributed by atoms with Crippen LogP contribution in [-0.2, 0) is 30.3 Å². The maximum atomic E-state index is 13.5. The molecule has 10 heteroatoms. The van der Waals surface area contributed by atoms with E-state index >= 15 is 0 Å². The van der Waals surface area contributed by atoms with Gasteiger partial charge in [-0.2, -0.15) is 0 Å². The van der Waals surface area contributed by atoms with Gasteiger partial charge in [0.1, 0.15) is 29.5 Å². The summed E-state index contributed by atoms with van der Waals surface area (Å²) >= 11 is 0. The summed E-state index contributed by atoms with van der Waals surface area (Å²) in [5.74, 6) is -1.03. The van der Waals surface area contributed by atoms with Crippen molar-refractivity contribution in [1.82, 2.24) is 16.0 Å². The third-order valence-corrected chi connectivity index (χ3v) is 5.51. The number of benzene rings is 1. The van der Waals surface area contributed by atoms with E-state index in [-0.39, 0.29) is 18.8 Å². The third kappa shape index (κ3) is 13.3. The summed E-state index contributed by atoms with van der Waals surface area (Å²) in [5, 5.41) is 8.02. The Balaban J connectivity index is 3.14. The Morgan fingerprint density at radius 2 is 1.50 bits per heavy atom. The number of esters is 1. The molecular formula is C30H45N3O7. The summed E-state index contributed by atoms with van der Waals surface area (Å²) in [4.78, 5) is 51.3. The van der Waals surface area contributed by atoms with E-state index in [4.69, 9.17) is 14.2 Å². The van der Waals surface area contributed by atoms with E-state index in [1.54, 1.807) is 51.1 Å². The fraction of sp³-hybridized carbons (Fsp3) is 0.533. The van der Waals surface area contributed by atoms with Crippen LogP contribution in [0.4, 0.5) is 4.79 Å². The summed E-state index contributed by atoms with van der Waals surface area (Å²) in [6, 6.07) is 4.21. The molecule has 0 bridgehead atoms. The lowest BCUT2D eigenvalue weighted by Gasteiger charge is -2.27. The van der Waals surface area contributed by atoms with Crippen LogP contribution in [0.5, 0.6) is 5.75 Å². The van der Waals surface area contributed by atoms with Gasteiger partial charge in [0, 0.05) is 6.42 Å². The Bertz CT molecular complexity index is 1000. The number of rotatable bonds is 16. The summed E-state index contributed by atoms with van der Waals surface area (Å²) < 4.78 is 15.8. The van der Waals surface area contributed by atoms with Gasteiger partial charge >= 0.3 is 12.1 Å². The molecule has 1 rings (SSSR count). The van der Waals surface area contributed by atoms with Crippen LogP contribution in [-0.4, -0.2) is 61.3 Å². The fourth-order valence-corrected chi connectivity index (χ4v) is 3.65. The van der Waals surface area contributed by atoms with Crippen molar-refractivity contribution < 1.29 is 33.4 Å². The second-order valence-corrected chi connectivity index (χ2v) is 10.8. The monoisotopic (exact) mass is 559 g/mol. The van der Waals surface area contributed by atoms with Crippen LogP contribution in [0.2, 0.25) is 0 Å². The molecule has 0 saturated heterocycles. The number of amides is 3. The fourth-order valence-electron chi connectivity index (χ4n) is 3.65. The second kappa shape index (κ2) is 17.0. The zero-order chi connectivity index (χ0) is 30.3. The molecule has 0 aliphatic heterocycles. The summed E-state index contributed by atoms with van der Waals surface area (Å²) in [5.41, 5.74) is -0.0159. The van der Waals surface area contributed by atoms with Gasteiger partial charge in [0.15, 0.2) is 0 Å². The van der Waals surface area contributed by atoms with E-state index in [1.165, 1.54) is 13.2 Å². The SMILES string of the molecule is C=CCCOc1ccc(C[C@H](NC(=O)OC(C)(C)C)C(=O)N[C@@H](CC(C)C)C(=O)N[C@@H](CC=C)C(=O)OC)cc1. The average molecular weight is 560 g/mol. The Kier molecular flexibility index (Phi) is 14.5. The van der Waals surface area contributed by atoms with Crippen molar-refractivity contribution in [2.24, 2.45) is 5.92 Å². The highest BCUT2D eigenvalue weighted by atomic mass is 16.6. The highest BCUT2D eigenvalue weighted by Crippen LogP contribution is 2.15. The zero-order valence-electron chi connectivity index (χ0n) is 24.6. The van der Waals surface area contributed by atoms with E-state index in [0.717, 1.165) is 5.56 Å². The summed E-state index contributed by atoms with van der Waals surface area (Å²) in [7, 11) is 1.23. The van der Waals surface area contributed by atoms with E-state index in [2.05, 4.69) is 29.1 Å². The Morgan fingerprint density at radius 1 is 0.900 bits per heavy atom. The maximum Gasteiger partial charge on any atom is 0.408 e. The van der Waals surface area contributed by atoms with Crippen LogP contribution in [0, 0.1) is 5.92 Å². The van der Waals surface area contributed by atoms with E-state index in [0.29, 0.717) is 25.2 Å². The van der Waals surface area contributed by atoms with Gasteiger partial charge < -0.3 is 30.2 Å². The molecule has 0 heterocycles. The van der Waals surface area contributed by atoms with Crippen LogP contribution in [0.15, 0.2) is 49.6 Å². The molecule has 3 amide bonds. The molecule has 0 aromatic heterocycles. The lowest BCUT2D eigenvalue weighted by Crippen LogP contribution is -2.56. The van der Waals surface area contributed by atoms with E-state index < -0.39 is 47.6 Å². The second-order valence-electron chi connectivity index (χ2n) is 10.8. The molecule has 10 nitrogen and oxygen atoms in total. The lowest BCUT2D eigenvalue weighted by molar-refractivity contribution is -0.145. The number of alkyl carbamates (subject to hydrolysis) is 1. The molecule has 0 radical (unpaired) electrons. The van der Waals surface area contributed by atoms with Crippen molar-refractivity contribution in [1.29, 1.82) is 0 Å². The number of hydrogen-bond acceptors (Lipinski definition) is 7. The smallest absolute Gasteiger partial charge is 0.408 e. The minimum absolute atomic E-state index is 0.0397. The topological polar surface area (TPSA) is 132 Å². The van der Waals surface area contributed by atoms with Crippen LogP contribution in [0.3, 0.4) is 0 Å². The number of methoxy groups -OCH3 is 1. The van der Waals surface area contributed by atoms with Gasteiger partial charge in [0.2, 0.25) is 11.8 Å². The number of nitrogens with one attached hydrogen (secondary N) is 3. The molecule has 40 heavy (non-hydrogen) atoms. The first-order chi connectivity index (χ1) is 18.8. The molecule has 0 aliphatic rings. The summed E-state index contributed by atoms with van der Waals surface area (Å²) in [6.45, 7) is 16.7. The first-order valence-electron chi connectivity index (χ1n) is 13.4. The van der Waals surface area contributed by atoms with Crippen molar-refractivity contribution in [3.05, 3.63) is 55.1 Å². The van der Waals surface area contributed by atoms with Gasteiger partial charge in [-0.15, -0.1) is 13.2 Å². The minimum Gasteiger partial charge on any atom is -0.493 e. The van der Waals surface area contributed by atoms with Crippen LogP contribution in [0.25, 0.3) is 0 Å². The van der Waals surface area contributed by atoms with Crippen LogP contribution < -0.4 is 20.7 Å². The van der Waals surface area contributed by atoms with Gasteiger partial charge in [-0.3, -0.25) is 9.59 Å². The Hall–Kier alpha value is -3.82. The van der Waals surface area contributed by atoms with Gasteiger partial charge in [-0.1, -0.05) is 38.1 Å². The molecule has 1 aromatic carbocycles. The summed E-state index contributed by atoms with van der Waals surface area (Å²) in [6.07, 6.45) is 3.81. The van der Waals surface area contributed by atoms with Crippen molar-refractivity contribution in [2.45, 2.75) is 84.0 Å². The minimum atomic E-state index is -1.05. The molecule has 3 N–H and O–H groups in total. The van der Waals surface area contributed by atoms with Gasteiger partial charge in [-0.25, -0.2) is 9.59 Å². The molecule has 0 unspecified atom stereocenters. The predicted molar refractivity (Wildman–Crippen MR) is 154 cm³/mol. The first kappa shape index (κ1) is 34.2. The van der Waals surface area contributed by atoms with Crippen LogP contribution >= 0.6 is 0 Å². The number of carbonyl (C=O) groups excluding carboxylic acids is 4. The lowest BCUT2D eigenvalue weighted by atomic mass is 10.0. The normalized spacial score (nSPS) is 13.3. The van der Waals surface area contributed by atoms with Crippen molar-refractivity contribution in [2.75, 3.05) is 13.7 Å². The standard InChI is InChI=1S/C30H45N3O7/c1-9-11-17-39-22-15-13-21(14-16-22)19-25(33-29(37)40-30(5,6)7)27(35)32-24(18-20(3)4)26(34)31-23(12-10-2)28(36)38-8/h9-10,13-16,20,23-25H,1-2,11-12,17-19H2,3-8H3,(H,31,34)(H,32,35)(H,33,37)/t23-,24-,25-/m0/s1. The van der Waals surface area contributed by atoms with Gasteiger partial charge in [0.25, 0.3) is 0 Å². The maximum absolute atomic E-state index is 13.5. The van der Waals surface area contributed by atoms with Crippen LogP contribution in [0.1, 0.15) is 59.4 Å². The van der Waals surface area contributed by atoms with E-state index in [1.807, 2.05) is 13.8 Å². The molecular weight excluding hydrogens is 514 g/mol. The zero-order valence-corrected chi connectivity index (χ0v) is 24.6. The Labute approximate surface area is 237 Å². The third-order valence-electron chi connectivity index (χ3n) is 5.51. The molecule has 3 atom stereocenters. The van der Waals surface area contributed by atoms with Crippen molar-refractivity contribution in [3.8, 4) is 5.75 Å². The van der Waals surface area contributed by atoms with Gasteiger partial charge in [-0.05, 0) is 63.6 Å². The first-order valence-corrected chi connectivity index (χ1v) is 13.4. The molecule has 0 aliphatic carbocycles. The molecule has 1 aromatic rings. The van der Waals surface area contributed by atoms with Crippen molar-refractivity contribution >= 4 is 23.9 Å². The average Bonchev–Trinajstić information content (AvgIpc) is 2.86. The number of hydrogen-bond donors (Lipinski definition) is 3. The van der Waals surface area contributed by atoms with E-state index in [9.17, 15) is 19.2 Å². The highest BCUT2D eigenvalue weighted by Gasteiger charge is 2.31. The Morgan fingerprint density at radius 3 is 2.02 bits per heavy atom. The molecule has 0 fully saturated rings. The quantitative estimate of drug-likeness (QED) is 0.159. The predicted octanol–water partition coefficient (Wildman–Crippen LogP) is 3.84. The molecule has 222 valence electrons. The molecule has 0 saturated carbocycles. The number of carbonyl (C=O) groups is 4. The number of ether oxygens (including phenoxy) is 3. The highest BCUT2D eigenvalue weighted by molar-refractivity contribution is 5.93. The van der Waals surface area contributed by atoms with Gasteiger partial charge in [0.05, 0.1) is 13.7 Å². The largest absolute Gasteiger partial charge is 0.493 e.